The van der Waals surface area contributed by atoms with Crippen molar-refractivity contribution in [1.82, 2.24) is 0 Å². The van der Waals surface area contributed by atoms with Crippen LogP contribution in [0.5, 0.6) is 0 Å². The molecule has 0 aliphatic carbocycles. The van der Waals surface area contributed by atoms with E-state index in [0.717, 1.165) is 0 Å². The van der Waals surface area contributed by atoms with Crippen LogP contribution in [-0.4, -0.2) is 0 Å². The number of fused-ring (bicyclic) bond motifs is 5. The fourth-order valence-electron chi connectivity index (χ4n) is 9.05. The lowest BCUT2D eigenvalue weighted by molar-refractivity contribution is 1.61. The molecule has 260 valence electrons. The SMILES string of the molecule is c1cc(-c2ccc3ccccc3c2-c2ccc3ccccc3c2)cc(-c2c3ccccc3c(-c3ccc(-c4cccc5ccccc45)cc3)c3ccccc23)c1. The smallest absolute Gasteiger partial charge is 0.00262 e. The fourth-order valence-corrected chi connectivity index (χ4v) is 9.05. The molecule has 0 bridgehead atoms. The van der Waals surface area contributed by atoms with Crippen LogP contribution in [0.1, 0.15) is 0 Å². The van der Waals surface area contributed by atoms with E-state index in [2.05, 4.69) is 218 Å². The predicted octanol–water partition coefficient (Wildman–Crippen LogP) is 15.8. The van der Waals surface area contributed by atoms with Crippen LogP contribution < -0.4 is 0 Å². The van der Waals surface area contributed by atoms with Crippen molar-refractivity contribution >= 4 is 53.9 Å². The van der Waals surface area contributed by atoms with E-state index in [4.69, 9.17) is 0 Å². The van der Waals surface area contributed by atoms with Crippen LogP contribution in [0.25, 0.3) is 109 Å². The van der Waals surface area contributed by atoms with E-state index in [0.29, 0.717) is 0 Å². The standard InChI is InChI=1S/C56H36/c1-2-16-42-35-45(32-27-37(42)13-1)55-48-21-6-4-15-39(48)33-34-49(55)43-18-11-19-44(36-43)56-52-24-9-7-22-50(52)54(51-23-8-10-25-53(51)56)41-30-28-40(29-31-41)47-26-12-17-38-14-3-5-20-46(38)47/h1-36H. The molecule has 0 nitrogen and oxygen atoms in total. The highest BCUT2D eigenvalue weighted by atomic mass is 14.2. The average molecular weight is 709 g/mol. The summed E-state index contributed by atoms with van der Waals surface area (Å²) in [7, 11) is 0. The summed E-state index contributed by atoms with van der Waals surface area (Å²) < 4.78 is 0. The van der Waals surface area contributed by atoms with Gasteiger partial charge in [-0.05, 0) is 122 Å². The summed E-state index contributed by atoms with van der Waals surface area (Å²) in [6.07, 6.45) is 0. The molecule has 0 fully saturated rings. The highest BCUT2D eigenvalue weighted by molar-refractivity contribution is 6.21. The monoisotopic (exact) mass is 708 g/mol. The van der Waals surface area contributed by atoms with Crippen LogP contribution in [0.2, 0.25) is 0 Å². The van der Waals surface area contributed by atoms with Crippen LogP contribution in [-0.2, 0) is 0 Å². The van der Waals surface area contributed by atoms with Crippen molar-refractivity contribution < 1.29 is 0 Å². The average Bonchev–Trinajstić information content (AvgIpc) is 3.27. The molecule has 0 amide bonds. The van der Waals surface area contributed by atoms with Gasteiger partial charge in [0.25, 0.3) is 0 Å². The molecular formula is C56H36. The zero-order valence-electron chi connectivity index (χ0n) is 30.8. The third kappa shape index (κ3) is 5.30. The Morgan fingerprint density at radius 2 is 0.625 bits per heavy atom. The first-order valence-corrected chi connectivity index (χ1v) is 19.4. The van der Waals surface area contributed by atoms with Gasteiger partial charge in [-0.25, -0.2) is 0 Å². The quantitative estimate of drug-likeness (QED) is 0.156. The Bertz CT molecular complexity index is 3230. The van der Waals surface area contributed by atoms with E-state index in [1.807, 2.05) is 0 Å². The second kappa shape index (κ2) is 13.2. The summed E-state index contributed by atoms with van der Waals surface area (Å²) in [5, 5.41) is 12.6. The van der Waals surface area contributed by atoms with Gasteiger partial charge in [0.05, 0.1) is 0 Å². The molecule has 11 aromatic carbocycles. The van der Waals surface area contributed by atoms with Crippen LogP contribution in [0.15, 0.2) is 218 Å². The number of hydrogen-bond acceptors (Lipinski definition) is 0. The van der Waals surface area contributed by atoms with Gasteiger partial charge in [0.2, 0.25) is 0 Å². The molecule has 0 saturated heterocycles. The predicted molar refractivity (Wildman–Crippen MR) is 241 cm³/mol. The molecule has 11 aromatic rings. The maximum Gasteiger partial charge on any atom is -0.00262 e. The molecule has 0 unspecified atom stereocenters. The molecule has 0 aromatic heterocycles. The van der Waals surface area contributed by atoms with Crippen molar-refractivity contribution in [2.45, 2.75) is 0 Å². The maximum atomic E-state index is 2.40. The molecule has 0 radical (unpaired) electrons. The summed E-state index contributed by atoms with van der Waals surface area (Å²) in [5.41, 5.74) is 12.4. The van der Waals surface area contributed by atoms with E-state index in [1.54, 1.807) is 0 Å². The van der Waals surface area contributed by atoms with Crippen molar-refractivity contribution in [1.29, 1.82) is 0 Å². The molecule has 0 atom stereocenters. The van der Waals surface area contributed by atoms with Crippen molar-refractivity contribution in [3.63, 3.8) is 0 Å². The van der Waals surface area contributed by atoms with Gasteiger partial charge < -0.3 is 0 Å². The van der Waals surface area contributed by atoms with Gasteiger partial charge in [0.15, 0.2) is 0 Å². The zero-order valence-corrected chi connectivity index (χ0v) is 30.8. The van der Waals surface area contributed by atoms with Crippen LogP contribution in [0.3, 0.4) is 0 Å². The minimum absolute atomic E-state index is 1.21. The Labute approximate surface area is 326 Å². The minimum Gasteiger partial charge on any atom is -0.0616 e. The molecule has 0 saturated carbocycles. The highest BCUT2D eigenvalue weighted by Crippen LogP contribution is 2.46. The number of hydrogen-bond donors (Lipinski definition) is 0. The normalized spacial score (nSPS) is 11.6. The van der Waals surface area contributed by atoms with Gasteiger partial charge in [-0.3, -0.25) is 0 Å². The summed E-state index contributed by atoms with van der Waals surface area (Å²) in [5.74, 6) is 0. The molecule has 11 rings (SSSR count). The summed E-state index contributed by atoms with van der Waals surface area (Å²) >= 11 is 0. The van der Waals surface area contributed by atoms with Crippen molar-refractivity contribution in [3.05, 3.63) is 218 Å². The Morgan fingerprint density at radius 3 is 1.32 bits per heavy atom. The Kier molecular flexibility index (Phi) is 7.60. The third-order valence-corrected chi connectivity index (χ3v) is 11.6. The Balaban J connectivity index is 1.09. The second-order valence-corrected chi connectivity index (χ2v) is 14.8. The number of rotatable bonds is 5. The molecule has 0 N–H and O–H groups in total. The first kappa shape index (κ1) is 32.2. The third-order valence-electron chi connectivity index (χ3n) is 11.6. The lowest BCUT2D eigenvalue weighted by atomic mass is 9.84. The van der Waals surface area contributed by atoms with E-state index in [-0.39, 0.29) is 0 Å². The van der Waals surface area contributed by atoms with Gasteiger partial charge in [-0.2, -0.15) is 0 Å². The van der Waals surface area contributed by atoms with Gasteiger partial charge in [0, 0.05) is 0 Å². The minimum atomic E-state index is 1.21. The first-order chi connectivity index (χ1) is 27.8. The van der Waals surface area contributed by atoms with Crippen LogP contribution >= 0.6 is 0 Å². The van der Waals surface area contributed by atoms with Crippen molar-refractivity contribution in [2.24, 2.45) is 0 Å². The van der Waals surface area contributed by atoms with Crippen molar-refractivity contribution in [2.75, 3.05) is 0 Å². The van der Waals surface area contributed by atoms with E-state index in [1.165, 1.54) is 109 Å². The van der Waals surface area contributed by atoms with Crippen LogP contribution in [0, 0.1) is 0 Å². The summed E-state index contributed by atoms with van der Waals surface area (Å²) in [6, 6.07) is 80.4. The fraction of sp³-hybridized carbons (Fsp3) is 0. The first-order valence-electron chi connectivity index (χ1n) is 19.4. The number of benzene rings is 11. The molecule has 0 spiro atoms. The maximum absolute atomic E-state index is 2.40. The van der Waals surface area contributed by atoms with E-state index in [9.17, 15) is 0 Å². The zero-order chi connectivity index (χ0) is 37.0. The molecule has 0 heteroatoms. The van der Waals surface area contributed by atoms with Gasteiger partial charge in [-0.15, -0.1) is 0 Å². The summed E-state index contributed by atoms with van der Waals surface area (Å²) in [6.45, 7) is 0. The lowest BCUT2D eigenvalue weighted by Crippen LogP contribution is -1.92. The van der Waals surface area contributed by atoms with Gasteiger partial charge in [0.1, 0.15) is 0 Å². The van der Waals surface area contributed by atoms with Crippen molar-refractivity contribution in [3.8, 4) is 55.6 Å². The molecule has 0 heterocycles. The van der Waals surface area contributed by atoms with E-state index < -0.39 is 0 Å². The summed E-state index contributed by atoms with van der Waals surface area (Å²) in [4.78, 5) is 0. The Hall–Kier alpha value is -7.28. The molecule has 56 heavy (non-hydrogen) atoms. The van der Waals surface area contributed by atoms with Gasteiger partial charge >= 0.3 is 0 Å². The topological polar surface area (TPSA) is 0 Å². The lowest BCUT2D eigenvalue weighted by Gasteiger charge is -2.19. The Morgan fingerprint density at radius 1 is 0.179 bits per heavy atom. The van der Waals surface area contributed by atoms with Crippen LogP contribution in [0.4, 0.5) is 0 Å². The van der Waals surface area contributed by atoms with Gasteiger partial charge in [-0.1, -0.05) is 206 Å². The molecule has 0 aliphatic heterocycles. The second-order valence-electron chi connectivity index (χ2n) is 14.8. The largest absolute Gasteiger partial charge is 0.0616 e. The van der Waals surface area contributed by atoms with E-state index >= 15 is 0 Å². The molecular weight excluding hydrogens is 673 g/mol. The highest BCUT2D eigenvalue weighted by Gasteiger charge is 2.19. The molecule has 0 aliphatic rings.